The van der Waals surface area contributed by atoms with Gasteiger partial charge in [0.15, 0.2) is 24.8 Å². The number of nitrogens with zero attached hydrogens (tertiary/aromatic N) is 4. The van der Waals surface area contributed by atoms with Gasteiger partial charge in [-0.2, -0.15) is 0 Å². The second kappa shape index (κ2) is 34.1. The zero-order valence-corrected chi connectivity index (χ0v) is 68.0. The minimum Gasteiger partial charge on any atom is -0.201 e. The van der Waals surface area contributed by atoms with E-state index in [9.17, 15) is 0 Å². The average molecular weight is 1390 g/mol. The first-order valence-corrected chi connectivity index (χ1v) is 38.6. The Balaban J connectivity index is 0.000000150. The van der Waals surface area contributed by atoms with Gasteiger partial charge in [-0.15, -0.1) is 0 Å². The Kier molecular flexibility index (Phi) is 25.3. The maximum absolute atomic E-state index is 2.47. The lowest BCUT2D eigenvalue weighted by Gasteiger charge is -2.20. The molecule has 4 heterocycles. The van der Waals surface area contributed by atoms with Crippen molar-refractivity contribution in [2.24, 2.45) is 39.5 Å². The quantitative estimate of drug-likeness (QED) is 0.102. The number of hydrogen-bond donors (Lipinski definition) is 0. The zero-order valence-electron chi connectivity index (χ0n) is 68.0. The van der Waals surface area contributed by atoms with E-state index in [4.69, 9.17) is 0 Å². The Hall–Kier alpha value is -9.64. The van der Waals surface area contributed by atoms with Gasteiger partial charge in [0.2, 0.25) is 22.8 Å². The normalized spacial score (nSPS) is 12.2. The fourth-order valence-electron chi connectivity index (χ4n) is 16.3. The molecule has 0 unspecified atom stereocenters. The molecule has 105 heavy (non-hydrogen) atoms. The first-order valence-electron chi connectivity index (χ1n) is 38.6. The van der Waals surface area contributed by atoms with Crippen LogP contribution in [0.4, 0.5) is 0 Å². The lowest BCUT2D eigenvalue weighted by molar-refractivity contribution is -0.660. The standard InChI is InChI=1S/C26H30N.C26H32N.C25H30N.C24H28N/c1-18-14-19(2)25(15-23(18)21-10-6-5-7-11-21)26-16-24(20(3)17-27(26)4)22-12-8-9-13-22;1-18-13-19(2)24(15-23(18)21-11-9-8-10-12-21)25-14-22(16-26(4,5)6)20(3)17-27(25)7;1-17(2)12-22-14-25(26(6)16-20(22)5)24-15-23(18(3)13-19(24)4)21-10-8-7-9-11-21;1-16(2)21-14-24(25(6)15-19(21)5)23-13-22(17(3)12-18(23)4)20-10-8-7-9-11-20/h5-7,10-11,14-17,22H,8-9,12-13H2,1-4H3;8-15,17H,16H2,1-7H3;7-11,13-17H,12H2,1-6H3;7-16H,1-6H3/q4*+1. The van der Waals surface area contributed by atoms with Crippen molar-refractivity contribution in [2.45, 2.75) is 182 Å². The van der Waals surface area contributed by atoms with Crippen LogP contribution in [0, 0.1) is 94.4 Å². The molecule has 8 aromatic carbocycles. The van der Waals surface area contributed by atoms with Gasteiger partial charge in [0.05, 0.1) is 0 Å². The van der Waals surface area contributed by atoms with E-state index in [-0.39, 0.29) is 5.41 Å². The summed E-state index contributed by atoms with van der Waals surface area (Å²) in [4.78, 5) is 0. The largest absolute Gasteiger partial charge is 0.212 e. The summed E-state index contributed by atoms with van der Waals surface area (Å²) in [6.07, 6.45) is 16.8. The molecule has 0 atom stereocenters. The molecule has 0 bridgehead atoms. The summed E-state index contributed by atoms with van der Waals surface area (Å²) in [5, 5.41) is 0. The van der Waals surface area contributed by atoms with Gasteiger partial charge in [0, 0.05) is 68.8 Å². The van der Waals surface area contributed by atoms with Crippen molar-refractivity contribution in [3.05, 3.63) is 308 Å². The molecule has 4 aromatic heterocycles. The second-order valence-electron chi connectivity index (χ2n) is 32.6. The molecule has 0 aliphatic heterocycles. The third-order valence-electron chi connectivity index (χ3n) is 21.7. The summed E-state index contributed by atoms with van der Waals surface area (Å²) in [6.45, 7) is 42.7. The topological polar surface area (TPSA) is 15.5 Å². The van der Waals surface area contributed by atoms with Crippen molar-refractivity contribution in [1.82, 2.24) is 0 Å². The van der Waals surface area contributed by atoms with Gasteiger partial charge in [-0.1, -0.05) is 207 Å². The monoisotopic (exact) mass is 1390 g/mol. The van der Waals surface area contributed by atoms with Crippen molar-refractivity contribution in [3.63, 3.8) is 0 Å². The molecule has 0 radical (unpaired) electrons. The molecule has 13 rings (SSSR count). The first kappa shape index (κ1) is 78.0. The molecule has 1 saturated carbocycles. The zero-order chi connectivity index (χ0) is 75.7. The Labute approximate surface area is 633 Å². The number of benzene rings is 8. The first-order chi connectivity index (χ1) is 49.9. The SMILES string of the molecule is Cc1c[n+](C)c(-c2cc(-c3ccccc3)c(C)cc2C)cc1CC(C)(C)C.Cc1c[n+](C)c(-c2cc(-c3ccccc3)c(C)cc2C)cc1CC(C)C.Cc1cc(C)c(-c2cc(C(C)C)c(C)c[n+]2C)cc1-c1ccccc1.Cc1cc(C)c(-c2cc(C3CCCC3)c(C)c[n+]2C)cc1-c1ccccc1. The van der Waals surface area contributed by atoms with Crippen molar-refractivity contribution in [1.29, 1.82) is 0 Å². The fourth-order valence-corrected chi connectivity index (χ4v) is 16.3. The maximum atomic E-state index is 2.47. The molecule has 0 saturated heterocycles. The van der Waals surface area contributed by atoms with Crippen LogP contribution in [0.3, 0.4) is 0 Å². The van der Waals surface area contributed by atoms with Crippen molar-refractivity contribution in [2.75, 3.05) is 0 Å². The van der Waals surface area contributed by atoms with Gasteiger partial charge < -0.3 is 0 Å². The van der Waals surface area contributed by atoms with E-state index < -0.39 is 0 Å². The van der Waals surface area contributed by atoms with Crippen LogP contribution >= 0.6 is 0 Å². The van der Waals surface area contributed by atoms with E-state index in [2.05, 4.69) is 397 Å². The van der Waals surface area contributed by atoms with Crippen LogP contribution in [0.15, 0.2) is 219 Å². The second-order valence-corrected chi connectivity index (χ2v) is 32.6. The van der Waals surface area contributed by atoms with Crippen LogP contribution in [-0.4, -0.2) is 0 Å². The van der Waals surface area contributed by atoms with Crippen LogP contribution in [0.1, 0.15) is 175 Å². The number of aromatic nitrogens is 4. The number of hydrogen-bond acceptors (Lipinski definition) is 0. The predicted octanol–water partition coefficient (Wildman–Crippen LogP) is 24.6. The van der Waals surface area contributed by atoms with Gasteiger partial charge in [-0.25, -0.2) is 18.3 Å². The van der Waals surface area contributed by atoms with Crippen molar-refractivity contribution in [3.8, 4) is 89.5 Å². The molecule has 0 N–H and O–H groups in total. The Morgan fingerprint density at radius 2 is 0.600 bits per heavy atom. The van der Waals surface area contributed by atoms with E-state index in [0.717, 1.165) is 18.8 Å². The molecular weight excluding hydrogens is 1270 g/mol. The van der Waals surface area contributed by atoms with Gasteiger partial charge in [-0.3, -0.25) is 0 Å². The highest BCUT2D eigenvalue weighted by Crippen LogP contribution is 2.40. The third-order valence-corrected chi connectivity index (χ3v) is 21.7. The smallest absolute Gasteiger partial charge is 0.201 e. The Morgan fingerprint density at radius 3 is 0.924 bits per heavy atom. The number of rotatable bonds is 13. The van der Waals surface area contributed by atoms with E-state index in [1.165, 1.54) is 199 Å². The maximum Gasteiger partial charge on any atom is 0.212 e. The average Bonchev–Trinajstić information content (AvgIpc) is 1.13. The lowest BCUT2D eigenvalue weighted by Crippen LogP contribution is -2.32. The molecule has 540 valence electrons. The van der Waals surface area contributed by atoms with Gasteiger partial charge in [0.25, 0.3) is 0 Å². The fraction of sp³-hybridized carbons (Fsp3) is 0.327. The van der Waals surface area contributed by atoms with E-state index in [1.54, 1.807) is 5.56 Å². The molecule has 1 aliphatic carbocycles. The van der Waals surface area contributed by atoms with Crippen LogP contribution < -0.4 is 18.3 Å². The number of aryl methyl sites for hydroxylation is 16. The van der Waals surface area contributed by atoms with Crippen molar-refractivity contribution >= 4 is 0 Å². The lowest BCUT2D eigenvalue weighted by atomic mass is 9.86. The van der Waals surface area contributed by atoms with Gasteiger partial charge in [0.1, 0.15) is 28.2 Å². The highest BCUT2D eigenvalue weighted by Gasteiger charge is 2.27. The summed E-state index contributed by atoms with van der Waals surface area (Å²) >= 11 is 0. The van der Waals surface area contributed by atoms with Gasteiger partial charge in [-0.05, 0) is 267 Å². The molecular formula is C101H120N4+4. The summed E-state index contributed by atoms with van der Waals surface area (Å²) < 4.78 is 9.10. The van der Waals surface area contributed by atoms with E-state index in [0.29, 0.717) is 11.8 Å². The molecule has 0 spiro atoms. The molecule has 12 aromatic rings. The highest BCUT2D eigenvalue weighted by molar-refractivity contribution is 5.80. The molecule has 0 amide bonds. The number of pyridine rings is 4. The van der Waals surface area contributed by atoms with Crippen LogP contribution in [-0.2, 0) is 41.0 Å². The predicted molar refractivity (Wildman–Crippen MR) is 448 cm³/mol. The Bertz CT molecular complexity index is 5020. The highest BCUT2D eigenvalue weighted by atomic mass is 14.9. The molecule has 1 fully saturated rings. The molecule has 1 aliphatic rings. The summed E-state index contributed by atoms with van der Waals surface area (Å²) in [6, 6.07) is 71.2. The van der Waals surface area contributed by atoms with Crippen LogP contribution in [0.25, 0.3) is 89.5 Å². The third kappa shape index (κ3) is 18.9. The molecule has 4 nitrogen and oxygen atoms in total. The van der Waals surface area contributed by atoms with E-state index >= 15 is 0 Å². The summed E-state index contributed by atoms with van der Waals surface area (Å²) in [5.41, 5.74) is 43.2. The Morgan fingerprint density at radius 1 is 0.314 bits per heavy atom. The summed E-state index contributed by atoms with van der Waals surface area (Å²) in [5.74, 6) is 1.93. The van der Waals surface area contributed by atoms with E-state index in [1.807, 2.05) is 0 Å². The summed E-state index contributed by atoms with van der Waals surface area (Å²) in [7, 11) is 8.64. The van der Waals surface area contributed by atoms with Crippen LogP contribution in [0.5, 0.6) is 0 Å². The van der Waals surface area contributed by atoms with Crippen LogP contribution in [0.2, 0.25) is 0 Å². The molecule has 4 heteroatoms. The minimum atomic E-state index is 0.277. The van der Waals surface area contributed by atoms with Gasteiger partial charge >= 0.3 is 0 Å². The van der Waals surface area contributed by atoms with Crippen molar-refractivity contribution < 1.29 is 18.3 Å². The minimum absolute atomic E-state index is 0.277.